The molecule has 0 atom stereocenters. The van der Waals surface area contributed by atoms with Crippen LogP contribution < -0.4 is 5.32 Å². The van der Waals surface area contributed by atoms with Crippen molar-refractivity contribution in [3.8, 4) is 0 Å². The molecule has 0 bridgehead atoms. The van der Waals surface area contributed by atoms with Crippen LogP contribution in [0.1, 0.15) is 39.5 Å². The fraction of sp³-hybridized carbons (Fsp3) is 0.857. The largest absolute Gasteiger partial charge is 0.480 e. The van der Waals surface area contributed by atoms with Crippen LogP contribution in [0, 0.1) is 0 Å². The van der Waals surface area contributed by atoms with Gasteiger partial charge in [-0.15, -0.1) is 0 Å². The fourth-order valence-electron chi connectivity index (χ4n) is 2.36. The molecule has 1 aliphatic rings. The second-order valence-electron chi connectivity index (χ2n) is 5.25. The predicted molar refractivity (Wildman–Crippen MR) is 75.6 cm³/mol. The number of aliphatic carboxylic acids is 1. The molecule has 0 unspecified atom stereocenters. The fourth-order valence-corrected chi connectivity index (χ4v) is 2.36. The number of hydrogen-bond acceptors (Lipinski definition) is 4. The zero-order valence-electron chi connectivity index (χ0n) is 12.4. The van der Waals surface area contributed by atoms with Crippen LogP contribution in [0.15, 0.2) is 0 Å². The Morgan fingerprint density at radius 2 is 2.05 bits per heavy atom. The summed E-state index contributed by atoms with van der Waals surface area (Å²) in [5.41, 5.74) is 0. The number of nitrogens with zero attached hydrogens (tertiary/aromatic N) is 1. The van der Waals surface area contributed by atoms with E-state index in [-0.39, 0.29) is 31.1 Å². The lowest BCUT2D eigenvalue weighted by atomic mass is 9.85. The lowest BCUT2D eigenvalue weighted by molar-refractivity contribution is -0.140. The molecule has 0 aromatic carbocycles. The summed E-state index contributed by atoms with van der Waals surface area (Å²) in [4.78, 5) is 24.2. The molecule has 1 saturated carbocycles. The van der Waals surface area contributed by atoms with Crippen molar-refractivity contribution in [2.24, 2.45) is 0 Å². The minimum absolute atomic E-state index is 0.0714. The first-order chi connectivity index (χ1) is 9.56. The Balaban J connectivity index is 2.14. The molecule has 0 aliphatic heterocycles. The highest BCUT2D eigenvalue weighted by atomic mass is 16.5. The number of carboxylic acids is 1. The molecule has 0 aromatic heterocycles. The van der Waals surface area contributed by atoms with Gasteiger partial charge in [0.25, 0.3) is 0 Å². The van der Waals surface area contributed by atoms with Gasteiger partial charge in [0.05, 0.1) is 6.54 Å². The van der Waals surface area contributed by atoms with Gasteiger partial charge >= 0.3 is 5.97 Å². The summed E-state index contributed by atoms with van der Waals surface area (Å²) < 4.78 is 5.25. The molecule has 2 N–H and O–H groups in total. The van der Waals surface area contributed by atoms with E-state index in [9.17, 15) is 9.59 Å². The second-order valence-corrected chi connectivity index (χ2v) is 5.25. The Morgan fingerprint density at radius 1 is 1.35 bits per heavy atom. The lowest BCUT2D eigenvalue weighted by Gasteiger charge is -2.42. The number of rotatable bonds is 10. The number of carboxylic acid groups (broad SMARTS) is 1. The maximum absolute atomic E-state index is 11.6. The van der Waals surface area contributed by atoms with Crippen LogP contribution in [0.3, 0.4) is 0 Å². The lowest BCUT2D eigenvalue weighted by Crippen LogP contribution is -2.55. The quantitative estimate of drug-likeness (QED) is 0.582. The zero-order chi connectivity index (χ0) is 15.0. The maximum atomic E-state index is 11.6. The van der Waals surface area contributed by atoms with Gasteiger partial charge < -0.3 is 15.2 Å². The van der Waals surface area contributed by atoms with Crippen molar-refractivity contribution in [2.75, 3.05) is 26.3 Å². The van der Waals surface area contributed by atoms with Gasteiger partial charge in [-0.3, -0.25) is 14.5 Å². The molecule has 0 aromatic rings. The molecule has 116 valence electrons. The van der Waals surface area contributed by atoms with Crippen LogP contribution in [-0.2, 0) is 14.3 Å². The summed E-state index contributed by atoms with van der Waals surface area (Å²) in [5, 5.41) is 11.7. The van der Waals surface area contributed by atoms with Crippen LogP contribution in [0.25, 0.3) is 0 Å². The molecular weight excluding hydrogens is 260 g/mol. The van der Waals surface area contributed by atoms with Gasteiger partial charge in [0.1, 0.15) is 6.61 Å². The Morgan fingerprint density at radius 3 is 2.60 bits per heavy atom. The van der Waals surface area contributed by atoms with E-state index in [1.165, 1.54) is 0 Å². The van der Waals surface area contributed by atoms with Crippen LogP contribution >= 0.6 is 0 Å². The van der Waals surface area contributed by atoms with E-state index in [0.29, 0.717) is 6.61 Å². The van der Waals surface area contributed by atoms with Gasteiger partial charge in [0, 0.05) is 18.7 Å². The maximum Gasteiger partial charge on any atom is 0.317 e. The molecule has 20 heavy (non-hydrogen) atoms. The van der Waals surface area contributed by atoms with E-state index in [0.717, 1.165) is 32.2 Å². The van der Waals surface area contributed by atoms with E-state index in [1.807, 2.05) is 11.8 Å². The summed E-state index contributed by atoms with van der Waals surface area (Å²) in [5.74, 6) is -0.880. The number of amides is 1. The van der Waals surface area contributed by atoms with E-state index in [4.69, 9.17) is 9.84 Å². The van der Waals surface area contributed by atoms with Crippen molar-refractivity contribution >= 4 is 11.9 Å². The normalized spacial score (nSPS) is 21.6. The van der Waals surface area contributed by atoms with Gasteiger partial charge in [-0.2, -0.15) is 0 Å². The molecular formula is C14H26N2O4. The minimum atomic E-state index is -0.802. The highest BCUT2D eigenvalue weighted by molar-refractivity contribution is 5.77. The van der Waals surface area contributed by atoms with Crippen molar-refractivity contribution in [3.63, 3.8) is 0 Å². The van der Waals surface area contributed by atoms with E-state index in [2.05, 4.69) is 12.2 Å². The van der Waals surface area contributed by atoms with Crippen LogP contribution in [-0.4, -0.2) is 60.3 Å². The predicted octanol–water partition coefficient (Wildman–Crippen LogP) is 0.857. The second kappa shape index (κ2) is 8.92. The molecule has 0 radical (unpaired) electrons. The van der Waals surface area contributed by atoms with E-state index < -0.39 is 5.97 Å². The van der Waals surface area contributed by atoms with Crippen molar-refractivity contribution in [1.82, 2.24) is 10.2 Å². The van der Waals surface area contributed by atoms with Gasteiger partial charge in [-0.25, -0.2) is 0 Å². The number of unbranched alkanes of at least 4 members (excludes halogenated alkanes) is 1. The molecule has 1 amide bonds. The number of likely N-dealkylation sites (N-methyl/N-ethyl adjacent to an activating group) is 1. The third-order valence-electron chi connectivity index (χ3n) is 3.61. The Hall–Kier alpha value is -1.14. The average molecular weight is 286 g/mol. The summed E-state index contributed by atoms with van der Waals surface area (Å²) in [6.45, 7) is 5.57. The molecule has 1 fully saturated rings. The van der Waals surface area contributed by atoms with Crippen molar-refractivity contribution in [3.05, 3.63) is 0 Å². The molecule has 6 heteroatoms. The molecule has 0 spiro atoms. The van der Waals surface area contributed by atoms with Gasteiger partial charge in [-0.05, 0) is 25.8 Å². The zero-order valence-corrected chi connectivity index (χ0v) is 12.4. The van der Waals surface area contributed by atoms with Crippen molar-refractivity contribution < 1.29 is 19.4 Å². The highest BCUT2D eigenvalue weighted by Gasteiger charge is 2.34. The van der Waals surface area contributed by atoms with Gasteiger partial charge in [0.2, 0.25) is 5.91 Å². The summed E-state index contributed by atoms with van der Waals surface area (Å²) in [6, 6.07) is 0.424. The smallest absolute Gasteiger partial charge is 0.317 e. The van der Waals surface area contributed by atoms with E-state index >= 15 is 0 Å². The summed E-state index contributed by atoms with van der Waals surface area (Å²) in [7, 11) is 0. The molecule has 0 saturated heterocycles. The summed E-state index contributed by atoms with van der Waals surface area (Å²) >= 11 is 0. The number of carbonyl (C=O) groups excluding carboxylic acids is 1. The third kappa shape index (κ3) is 5.88. The first-order valence-electron chi connectivity index (χ1n) is 7.39. The SMILES string of the molecule is CCCCOCC(=O)NC1CC(N(CC)CC(=O)O)C1. The number of nitrogens with one attached hydrogen (secondary N) is 1. The molecule has 1 aliphatic carbocycles. The first kappa shape index (κ1) is 16.9. The topological polar surface area (TPSA) is 78.9 Å². The number of ether oxygens (including phenoxy) is 1. The Bertz CT molecular complexity index is 316. The molecule has 1 rings (SSSR count). The number of carbonyl (C=O) groups is 2. The Kier molecular flexibility index (Phi) is 7.54. The minimum Gasteiger partial charge on any atom is -0.480 e. The monoisotopic (exact) mass is 286 g/mol. The van der Waals surface area contributed by atoms with Crippen LogP contribution in [0.2, 0.25) is 0 Å². The molecule has 0 heterocycles. The number of hydrogen-bond donors (Lipinski definition) is 2. The average Bonchev–Trinajstić information content (AvgIpc) is 2.36. The van der Waals surface area contributed by atoms with Crippen LogP contribution in [0.4, 0.5) is 0 Å². The third-order valence-corrected chi connectivity index (χ3v) is 3.61. The van der Waals surface area contributed by atoms with Crippen molar-refractivity contribution in [1.29, 1.82) is 0 Å². The standard InChI is InChI=1S/C14H26N2O4/c1-3-5-6-20-10-13(17)15-11-7-12(8-11)16(4-2)9-14(18)19/h11-12H,3-10H2,1-2H3,(H,15,17)(H,18,19). The van der Waals surface area contributed by atoms with Gasteiger partial charge in [-0.1, -0.05) is 20.3 Å². The highest BCUT2D eigenvalue weighted by Crippen LogP contribution is 2.25. The van der Waals surface area contributed by atoms with E-state index in [1.54, 1.807) is 0 Å². The Labute approximate surface area is 120 Å². The first-order valence-corrected chi connectivity index (χ1v) is 7.39. The summed E-state index contributed by atoms with van der Waals surface area (Å²) in [6.07, 6.45) is 3.67. The van der Waals surface area contributed by atoms with Crippen molar-refractivity contribution in [2.45, 2.75) is 51.6 Å². The van der Waals surface area contributed by atoms with Gasteiger partial charge in [0.15, 0.2) is 0 Å². The van der Waals surface area contributed by atoms with Crippen LogP contribution in [0.5, 0.6) is 0 Å². The molecule has 6 nitrogen and oxygen atoms in total.